The Morgan fingerprint density at radius 1 is 0.840 bits per heavy atom. The average Bonchev–Trinajstić information content (AvgIpc) is 2.61. The van der Waals surface area contributed by atoms with Gasteiger partial charge in [-0.2, -0.15) is 0 Å². The van der Waals surface area contributed by atoms with Gasteiger partial charge in [-0.1, -0.05) is 23.2 Å². The van der Waals surface area contributed by atoms with Gasteiger partial charge in [0.2, 0.25) is 0 Å². The molecular formula is C18H15Cl2FN2O2. The topological polar surface area (TPSA) is 40.6 Å². The molecule has 0 radical (unpaired) electrons. The van der Waals surface area contributed by atoms with Gasteiger partial charge >= 0.3 is 0 Å². The fraction of sp³-hybridized carbons (Fsp3) is 0.222. The number of benzene rings is 2. The first-order valence-electron chi connectivity index (χ1n) is 7.75. The van der Waals surface area contributed by atoms with Crippen molar-refractivity contribution in [1.82, 2.24) is 9.80 Å². The van der Waals surface area contributed by atoms with Crippen LogP contribution in [0.5, 0.6) is 0 Å². The number of hydrogen-bond donors (Lipinski definition) is 0. The molecule has 0 aliphatic carbocycles. The van der Waals surface area contributed by atoms with Crippen molar-refractivity contribution in [3.63, 3.8) is 0 Å². The van der Waals surface area contributed by atoms with Gasteiger partial charge < -0.3 is 9.80 Å². The van der Waals surface area contributed by atoms with Crippen molar-refractivity contribution in [3.8, 4) is 0 Å². The summed E-state index contributed by atoms with van der Waals surface area (Å²) in [7, 11) is 0. The van der Waals surface area contributed by atoms with Gasteiger partial charge in [0.15, 0.2) is 0 Å². The van der Waals surface area contributed by atoms with Crippen molar-refractivity contribution < 1.29 is 14.0 Å². The zero-order valence-electron chi connectivity index (χ0n) is 13.2. The molecule has 130 valence electrons. The lowest BCUT2D eigenvalue weighted by molar-refractivity contribution is 0.0535. The van der Waals surface area contributed by atoms with E-state index in [1.54, 1.807) is 34.1 Å². The average molecular weight is 381 g/mol. The lowest BCUT2D eigenvalue weighted by atomic mass is 10.1. The predicted molar refractivity (Wildman–Crippen MR) is 94.7 cm³/mol. The van der Waals surface area contributed by atoms with E-state index in [1.165, 1.54) is 12.1 Å². The molecule has 1 fully saturated rings. The Morgan fingerprint density at radius 3 is 1.96 bits per heavy atom. The highest BCUT2D eigenvalue weighted by molar-refractivity contribution is 6.33. The van der Waals surface area contributed by atoms with Gasteiger partial charge in [-0.05, 0) is 42.5 Å². The largest absolute Gasteiger partial charge is 0.335 e. The van der Waals surface area contributed by atoms with Crippen molar-refractivity contribution in [2.45, 2.75) is 0 Å². The third-order valence-electron chi connectivity index (χ3n) is 4.11. The van der Waals surface area contributed by atoms with E-state index in [-0.39, 0.29) is 22.4 Å². The fourth-order valence-electron chi connectivity index (χ4n) is 2.72. The highest BCUT2D eigenvalue weighted by Gasteiger charge is 2.26. The Labute approximate surface area is 154 Å². The van der Waals surface area contributed by atoms with Crippen LogP contribution < -0.4 is 0 Å². The van der Waals surface area contributed by atoms with E-state index >= 15 is 0 Å². The summed E-state index contributed by atoms with van der Waals surface area (Å²) in [5, 5.41) is 0.660. The molecule has 0 unspecified atom stereocenters. The van der Waals surface area contributed by atoms with Crippen LogP contribution >= 0.6 is 23.2 Å². The summed E-state index contributed by atoms with van der Waals surface area (Å²) >= 11 is 11.8. The van der Waals surface area contributed by atoms with Gasteiger partial charge in [-0.15, -0.1) is 0 Å². The van der Waals surface area contributed by atoms with Crippen LogP contribution in [-0.2, 0) is 0 Å². The van der Waals surface area contributed by atoms with Gasteiger partial charge in [-0.3, -0.25) is 9.59 Å². The van der Waals surface area contributed by atoms with Crippen LogP contribution in [0.3, 0.4) is 0 Å². The molecule has 0 saturated carbocycles. The van der Waals surface area contributed by atoms with Crippen molar-refractivity contribution in [1.29, 1.82) is 0 Å². The maximum Gasteiger partial charge on any atom is 0.255 e. The zero-order chi connectivity index (χ0) is 18.0. The number of halogens is 3. The van der Waals surface area contributed by atoms with E-state index in [4.69, 9.17) is 23.2 Å². The van der Waals surface area contributed by atoms with Crippen LogP contribution in [0.4, 0.5) is 4.39 Å². The Bertz CT molecular complexity index is 803. The molecule has 25 heavy (non-hydrogen) atoms. The molecule has 1 aliphatic heterocycles. The van der Waals surface area contributed by atoms with Crippen molar-refractivity contribution in [2.75, 3.05) is 26.2 Å². The third-order valence-corrected chi connectivity index (χ3v) is 4.67. The molecule has 3 rings (SSSR count). The van der Waals surface area contributed by atoms with Gasteiger partial charge in [0.25, 0.3) is 11.8 Å². The number of piperazine rings is 1. The molecule has 7 heteroatoms. The second kappa shape index (κ2) is 7.42. The molecule has 0 aromatic heterocycles. The summed E-state index contributed by atoms with van der Waals surface area (Å²) in [5.74, 6) is -0.841. The van der Waals surface area contributed by atoms with Crippen LogP contribution in [0.1, 0.15) is 20.7 Å². The quantitative estimate of drug-likeness (QED) is 0.796. The Balaban J connectivity index is 1.64. The first-order valence-corrected chi connectivity index (χ1v) is 8.50. The highest BCUT2D eigenvalue weighted by atomic mass is 35.5. The normalized spacial score (nSPS) is 14.5. The van der Waals surface area contributed by atoms with Crippen molar-refractivity contribution in [3.05, 3.63) is 69.5 Å². The second-order valence-electron chi connectivity index (χ2n) is 5.72. The Hall–Kier alpha value is -2.11. The van der Waals surface area contributed by atoms with Gasteiger partial charge in [-0.25, -0.2) is 4.39 Å². The molecule has 0 atom stereocenters. The van der Waals surface area contributed by atoms with Crippen LogP contribution in [0, 0.1) is 5.82 Å². The first-order chi connectivity index (χ1) is 12.0. The molecule has 2 aromatic carbocycles. The first kappa shape index (κ1) is 17.7. The van der Waals surface area contributed by atoms with Crippen molar-refractivity contribution in [2.24, 2.45) is 0 Å². The number of hydrogen-bond acceptors (Lipinski definition) is 2. The smallest absolute Gasteiger partial charge is 0.255 e. The van der Waals surface area contributed by atoms with E-state index in [9.17, 15) is 14.0 Å². The number of nitrogens with zero attached hydrogens (tertiary/aromatic N) is 2. The minimum atomic E-state index is -0.486. The maximum absolute atomic E-state index is 13.1. The van der Waals surface area contributed by atoms with Gasteiger partial charge in [0.1, 0.15) is 5.82 Å². The predicted octanol–water partition coefficient (Wildman–Crippen LogP) is 3.73. The number of carbonyl (C=O) groups is 2. The van der Waals surface area contributed by atoms with Crippen molar-refractivity contribution >= 4 is 35.0 Å². The number of carbonyl (C=O) groups excluding carboxylic acids is 2. The van der Waals surface area contributed by atoms with Crippen LogP contribution in [-0.4, -0.2) is 47.8 Å². The maximum atomic E-state index is 13.1. The molecular weight excluding hydrogens is 366 g/mol. The Morgan fingerprint density at radius 2 is 1.40 bits per heavy atom. The van der Waals surface area contributed by atoms with E-state index in [0.717, 1.165) is 6.07 Å². The summed E-state index contributed by atoms with van der Waals surface area (Å²) < 4.78 is 13.1. The summed E-state index contributed by atoms with van der Waals surface area (Å²) in [5.41, 5.74) is 0.825. The lowest BCUT2D eigenvalue weighted by Gasteiger charge is -2.35. The van der Waals surface area contributed by atoms with Crippen LogP contribution in [0.2, 0.25) is 10.0 Å². The third kappa shape index (κ3) is 3.94. The second-order valence-corrected chi connectivity index (χ2v) is 6.56. The van der Waals surface area contributed by atoms with Gasteiger partial charge in [0.05, 0.1) is 10.6 Å². The number of rotatable bonds is 2. The minimum absolute atomic E-state index is 0.0877. The highest BCUT2D eigenvalue weighted by Crippen LogP contribution is 2.20. The molecule has 2 aromatic rings. The van der Waals surface area contributed by atoms with E-state index < -0.39 is 5.82 Å². The molecule has 0 spiro atoms. The molecule has 2 amide bonds. The van der Waals surface area contributed by atoms with E-state index in [0.29, 0.717) is 36.8 Å². The van der Waals surface area contributed by atoms with Crippen LogP contribution in [0.25, 0.3) is 0 Å². The van der Waals surface area contributed by atoms with E-state index in [2.05, 4.69) is 0 Å². The van der Waals surface area contributed by atoms with E-state index in [1.807, 2.05) is 0 Å². The molecule has 1 heterocycles. The number of amides is 2. The standard InChI is InChI=1S/C18H15Cl2FN2O2/c19-13-3-1-12(2-4-13)17(24)22-7-9-23(10-8-22)18(25)15-6-5-14(21)11-16(15)20/h1-6,11H,7-10H2. The van der Waals surface area contributed by atoms with Crippen LogP contribution in [0.15, 0.2) is 42.5 Å². The molecule has 0 bridgehead atoms. The minimum Gasteiger partial charge on any atom is -0.335 e. The summed E-state index contributed by atoms with van der Waals surface area (Å²) in [4.78, 5) is 28.3. The lowest BCUT2D eigenvalue weighted by Crippen LogP contribution is -2.50. The molecule has 1 saturated heterocycles. The zero-order valence-corrected chi connectivity index (χ0v) is 14.7. The summed E-state index contributed by atoms with van der Waals surface area (Å²) in [6.45, 7) is 1.63. The Kier molecular flexibility index (Phi) is 5.25. The summed E-state index contributed by atoms with van der Waals surface area (Å²) in [6.07, 6.45) is 0. The monoisotopic (exact) mass is 380 g/mol. The molecule has 4 nitrogen and oxygen atoms in total. The SMILES string of the molecule is O=C(c1ccc(Cl)cc1)N1CCN(C(=O)c2ccc(F)cc2Cl)CC1. The van der Waals surface area contributed by atoms with Gasteiger partial charge in [0, 0.05) is 36.8 Å². The fourth-order valence-corrected chi connectivity index (χ4v) is 3.09. The molecule has 1 aliphatic rings. The molecule has 0 N–H and O–H groups in total. The summed E-state index contributed by atoms with van der Waals surface area (Å²) in [6, 6.07) is 10.4.